The number of nitrogens with zero attached hydrogens (tertiary/aromatic N) is 5. The number of halogens is 3. The third-order valence-electron chi connectivity index (χ3n) is 4.85. The zero-order valence-electron chi connectivity index (χ0n) is 16.8. The topological polar surface area (TPSA) is 86.3 Å². The number of hydrogen-bond donors (Lipinski definition) is 1. The number of anilines is 1. The van der Waals surface area contributed by atoms with Crippen LogP contribution in [0.3, 0.4) is 0 Å². The predicted octanol–water partition coefficient (Wildman–Crippen LogP) is 4.03. The standard InChI is InChI=1S/C20H19Cl2FN6O2/c1-3-28-9-14(11(2)25-28)17-7-18(31-27-17)20(30)24-19-16(22)10-29(26-19)8-12-4-5-13(23)6-15(12)21/h4-6,9-10,18H,3,7-8H2,1-2H3,(H,24,26,30). The van der Waals surface area contributed by atoms with Crippen molar-refractivity contribution in [1.82, 2.24) is 19.6 Å². The molecule has 0 spiro atoms. The van der Waals surface area contributed by atoms with Crippen LogP contribution >= 0.6 is 23.2 Å². The van der Waals surface area contributed by atoms with Crippen molar-refractivity contribution in [1.29, 1.82) is 0 Å². The lowest BCUT2D eigenvalue weighted by molar-refractivity contribution is -0.125. The number of rotatable bonds is 6. The Kier molecular flexibility index (Phi) is 5.97. The van der Waals surface area contributed by atoms with Gasteiger partial charge in [0, 0.05) is 35.9 Å². The van der Waals surface area contributed by atoms with Gasteiger partial charge in [-0.15, -0.1) is 0 Å². The molecule has 1 amide bonds. The molecule has 4 rings (SSSR count). The second kappa shape index (κ2) is 8.68. The van der Waals surface area contributed by atoms with E-state index < -0.39 is 17.8 Å². The predicted molar refractivity (Wildman–Crippen MR) is 115 cm³/mol. The van der Waals surface area contributed by atoms with E-state index in [0.717, 1.165) is 17.8 Å². The average molecular weight is 465 g/mol. The third kappa shape index (κ3) is 4.57. The van der Waals surface area contributed by atoms with Crippen molar-refractivity contribution < 1.29 is 14.0 Å². The number of carbonyl (C=O) groups is 1. The van der Waals surface area contributed by atoms with Crippen molar-refractivity contribution in [3.05, 3.63) is 63.3 Å². The van der Waals surface area contributed by atoms with Crippen LogP contribution in [0.5, 0.6) is 0 Å². The minimum Gasteiger partial charge on any atom is -0.382 e. The number of aromatic nitrogens is 4. The fourth-order valence-electron chi connectivity index (χ4n) is 3.22. The van der Waals surface area contributed by atoms with Crippen LogP contribution in [0.4, 0.5) is 10.2 Å². The Morgan fingerprint density at radius 2 is 2.06 bits per heavy atom. The minimum atomic E-state index is -0.799. The van der Waals surface area contributed by atoms with Gasteiger partial charge in [-0.25, -0.2) is 4.39 Å². The molecular formula is C20H19Cl2FN6O2. The zero-order valence-corrected chi connectivity index (χ0v) is 18.3. The number of carbonyl (C=O) groups excluding carboxylic acids is 1. The van der Waals surface area contributed by atoms with E-state index in [0.29, 0.717) is 17.7 Å². The van der Waals surface area contributed by atoms with Gasteiger partial charge in [0.1, 0.15) is 10.8 Å². The maximum absolute atomic E-state index is 13.2. The third-order valence-corrected chi connectivity index (χ3v) is 5.48. The Hall–Kier alpha value is -2.91. The maximum atomic E-state index is 13.2. The molecule has 0 bridgehead atoms. The number of hydrogen-bond acceptors (Lipinski definition) is 5. The van der Waals surface area contributed by atoms with E-state index in [9.17, 15) is 9.18 Å². The quantitative estimate of drug-likeness (QED) is 0.596. The highest BCUT2D eigenvalue weighted by molar-refractivity contribution is 6.33. The summed E-state index contributed by atoms with van der Waals surface area (Å²) < 4.78 is 16.5. The molecule has 1 aliphatic heterocycles. The molecular weight excluding hydrogens is 446 g/mol. The first-order chi connectivity index (χ1) is 14.8. The number of oxime groups is 1. The summed E-state index contributed by atoms with van der Waals surface area (Å²) in [5.74, 6) is -0.640. The maximum Gasteiger partial charge on any atom is 0.269 e. The van der Waals surface area contributed by atoms with Gasteiger partial charge in [-0.05, 0) is 31.5 Å². The van der Waals surface area contributed by atoms with E-state index in [1.54, 1.807) is 16.9 Å². The lowest BCUT2D eigenvalue weighted by atomic mass is 10.1. The molecule has 8 nitrogen and oxygen atoms in total. The zero-order chi connectivity index (χ0) is 22.1. The Morgan fingerprint density at radius 1 is 1.26 bits per heavy atom. The summed E-state index contributed by atoms with van der Waals surface area (Å²) in [5.41, 5.74) is 3.02. The average Bonchev–Trinajstić information content (AvgIpc) is 3.43. The highest BCUT2D eigenvalue weighted by Crippen LogP contribution is 2.25. The first kappa shape index (κ1) is 21.3. The Bertz CT molecular complexity index is 1170. The van der Waals surface area contributed by atoms with Gasteiger partial charge >= 0.3 is 0 Å². The number of benzene rings is 1. The van der Waals surface area contributed by atoms with Gasteiger partial charge in [0.25, 0.3) is 5.91 Å². The molecule has 11 heteroatoms. The summed E-state index contributed by atoms with van der Waals surface area (Å²) in [6.45, 7) is 4.88. The Balaban J connectivity index is 1.41. The largest absolute Gasteiger partial charge is 0.382 e. The molecule has 1 aromatic carbocycles. The second-order valence-electron chi connectivity index (χ2n) is 7.07. The first-order valence-corrected chi connectivity index (χ1v) is 10.3. The van der Waals surface area contributed by atoms with E-state index >= 15 is 0 Å². The molecule has 2 aromatic heterocycles. The molecule has 3 heterocycles. The molecule has 1 N–H and O–H groups in total. The van der Waals surface area contributed by atoms with Crippen LogP contribution in [0, 0.1) is 12.7 Å². The van der Waals surface area contributed by atoms with Crippen LogP contribution in [0.1, 0.15) is 30.2 Å². The molecule has 0 radical (unpaired) electrons. The molecule has 1 aliphatic rings. The summed E-state index contributed by atoms with van der Waals surface area (Å²) in [4.78, 5) is 18.0. The van der Waals surface area contributed by atoms with Gasteiger partial charge in [0.2, 0.25) is 6.10 Å². The van der Waals surface area contributed by atoms with Crippen molar-refractivity contribution in [2.45, 2.75) is 39.5 Å². The van der Waals surface area contributed by atoms with Crippen LogP contribution in [0.25, 0.3) is 0 Å². The molecule has 162 valence electrons. The van der Waals surface area contributed by atoms with Crippen LogP contribution in [0.15, 0.2) is 35.7 Å². The van der Waals surface area contributed by atoms with Crippen molar-refractivity contribution in [2.24, 2.45) is 5.16 Å². The summed E-state index contributed by atoms with van der Waals surface area (Å²) in [5, 5.41) is 15.9. The van der Waals surface area contributed by atoms with E-state index in [4.69, 9.17) is 28.0 Å². The van der Waals surface area contributed by atoms with Crippen LogP contribution in [-0.2, 0) is 22.7 Å². The molecule has 31 heavy (non-hydrogen) atoms. The van der Waals surface area contributed by atoms with Gasteiger partial charge in [-0.1, -0.05) is 34.4 Å². The summed E-state index contributed by atoms with van der Waals surface area (Å²) in [6, 6.07) is 4.11. The van der Waals surface area contributed by atoms with Crippen molar-refractivity contribution in [3.8, 4) is 0 Å². The van der Waals surface area contributed by atoms with Gasteiger partial charge in [-0.2, -0.15) is 10.2 Å². The van der Waals surface area contributed by atoms with Crippen molar-refractivity contribution >= 4 is 40.6 Å². The SMILES string of the molecule is CCn1cc(C2=NOC(C(=O)Nc3nn(Cc4ccc(F)cc4Cl)cc3Cl)C2)c(C)n1. The van der Waals surface area contributed by atoms with Crippen LogP contribution < -0.4 is 5.32 Å². The Morgan fingerprint density at radius 3 is 2.77 bits per heavy atom. The first-order valence-electron chi connectivity index (χ1n) is 9.59. The molecule has 0 saturated heterocycles. The number of amides is 1. The molecule has 0 fully saturated rings. The van der Waals surface area contributed by atoms with Crippen molar-refractivity contribution in [2.75, 3.05) is 5.32 Å². The monoisotopic (exact) mass is 464 g/mol. The number of aryl methyl sites for hydroxylation is 2. The minimum absolute atomic E-state index is 0.192. The molecule has 1 unspecified atom stereocenters. The van der Waals surface area contributed by atoms with Crippen LogP contribution in [-0.4, -0.2) is 37.3 Å². The molecule has 0 aliphatic carbocycles. The lowest BCUT2D eigenvalue weighted by Crippen LogP contribution is -2.28. The Labute approximate surface area is 187 Å². The smallest absolute Gasteiger partial charge is 0.269 e. The molecule has 0 saturated carbocycles. The second-order valence-corrected chi connectivity index (χ2v) is 7.88. The van der Waals surface area contributed by atoms with Gasteiger partial charge in [-0.3, -0.25) is 14.2 Å². The summed E-state index contributed by atoms with van der Waals surface area (Å²) >= 11 is 12.3. The van der Waals surface area contributed by atoms with Crippen LogP contribution in [0.2, 0.25) is 10.0 Å². The highest BCUT2D eigenvalue weighted by Gasteiger charge is 2.31. The lowest BCUT2D eigenvalue weighted by Gasteiger charge is -2.08. The van der Waals surface area contributed by atoms with Gasteiger partial charge in [0.15, 0.2) is 5.82 Å². The molecule has 3 aromatic rings. The van der Waals surface area contributed by atoms with E-state index in [1.807, 2.05) is 20.0 Å². The fraction of sp³-hybridized carbons (Fsp3) is 0.300. The normalized spacial score (nSPS) is 15.6. The van der Waals surface area contributed by atoms with E-state index in [1.165, 1.54) is 16.8 Å². The van der Waals surface area contributed by atoms with E-state index in [2.05, 4.69) is 20.7 Å². The number of nitrogens with one attached hydrogen (secondary N) is 1. The summed E-state index contributed by atoms with van der Waals surface area (Å²) in [7, 11) is 0. The fourth-order valence-corrected chi connectivity index (χ4v) is 3.65. The van der Waals surface area contributed by atoms with Gasteiger partial charge in [0.05, 0.1) is 18.0 Å². The van der Waals surface area contributed by atoms with Crippen molar-refractivity contribution in [3.63, 3.8) is 0 Å². The summed E-state index contributed by atoms with van der Waals surface area (Å²) in [6.07, 6.45) is 2.95. The highest BCUT2D eigenvalue weighted by atomic mass is 35.5. The molecule has 1 atom stereocenters. The van der Waals surface area contributed by atoms with E-state index in [-0.39, 0.29) is 22.4 Å². The van der Waals surface area contributed by atoms with Gasteiger partial charge < -0.3 is 10.2 Å².